The van der Waals surface area contributed by atoms with Crippen molar-refractivity contribution in [1.82, 2.24) is 25.5 Å². The number of aromatic amines is 1. The van der Waals surface area contributed by atoms with Crippen molar-refractivity contribution in [2.24, 2.45) is 11.8 Å². The van der Waals surface area contributed by atoms with E-state index in [-0.39, 0.29) is 28.3 Å². The molecule has 1 aliphatic carbocycles. The van der Waals surface area contributed by atoms with Crippen molar-refractivity contribution >= 4 is 33.4 Å². The van der Waals surface area contributed by atoms with Gasteiger partial charge in [-0.15, -0.1) is 5.10 Å². The Kier molecular flexibility index (Phi) is 7.15. The van der Waals surface area contributed by atoms with Gasteiger partial charge in [-0.3, -0.25) is 15.0 Å². The van der Waals surface area contributed by atoms with Crippen molar-refractivity contribution in [1.29, 1.82) is 0 Å². The Labute approximate surface area is 227 Å². The summed E-state index contributed by atoms with van der Waals surface area (Å²) in [6, 6.07) is 13.6. The maximum absolute atomic E-state index is 13.9. The molecule has 2 aliphatic rings. The SMILES string of the molecule is CC(C)C1CCC2(CC1)CN(c1ccc(S(C)(=O)=O)cc1)C(=O)N2Cc1ccc(C(=O)Nc2nn[nH]n2)cc1. The molecule has 0 radical (unpaired) electrons. The van der Waals surface area contributed by atoms with Crippen LogP contribution in [0.5, 0.6) is 0 Å². The molecule has 2 N–H and O–H groups in total. The summed E-state index contributed by atoms with van der Waals surface area (Å²) in [6.07, 6.45) is 5.09. The van der Waals surface area contributed by atoms with Crippen molar-refractivity contribution in [2.45, 2.75) is 56.5 Å². The predicted octanol–water partition coefficient (Wildman–Crippen LogP) is 3.88. The number of aromatic nitrogens is 4. The largest absolute Gasteiger partial charge is 0.325 e. The van der Waals surface area contributed by atoms with E-state index in [2.05, 4.69) is 39.8 Å². The molecule has 3 aromatic rings. The highest BCUT2D eigenvalue weighted by atomic mass is 32.2. The van der Waals surface area contributed by atoms with Gasteiger partial charge in [-0.05, 0) is 84.7 Å². The number of carbonyl (C=O) groups excluding carboxylic acids is 2. The quantitative estimate of drug-likeness (QED) is 0.454. The molecule has 1 aromatic heterocycles. The maximum atomic E-state index is 13.9. The van der Waals surface area contributed by atoms with Crippen LogP contribution in [0.25, 0.3) is 0 Å². The zero-order valence-electron chi connectivity index (χ0n) is 22.3. The fraction of sp³-hybridized carbons (Fsp3) is 0.444. The number of amides is 3. The molecule has 39 heavy (non-hydrogen) atoms. The molecule has 11 nitrogen and oxygen atoms in total. The van der Waals surface area contributed by atoms with Crippen molar-refractivity contribution in [3.05, 3.63) is 59.7 Å². The third-order valence-electron chi connectivity index (χ3n) is 8.09. The van der Waals surface area contributed by atoms with Crippen molar-refractivity contribution in [3.63, 3.8) is 0 Å². The Bertz CT molecular complexity index is 1430. The van der Waals surface area contributed by atoms with Crippen LogP contribution in [0.2, 0.25) is 0 Å². The van der Waals surface area contributed by atoms with Gasteiger partial charge in [-0.2, -0.15) is 5.21 Å². The highest BCUT2D eigenvalue weighted by molar-refractivity contribution is 7.90. The second kappa shape index (κ2) is 10.4. The average Bonchev–Trinajstić information content (AvgIpc) is 3.51. The lowest BCUT2D eigenvalue weighted by atomic mass is 9.72. The van der Waals surface area contributed by atoms with E-state index in [1.165, 1.54) is 6.26 Å². The van der Waals surface area contributed by atoms with Crippen molar-refractivity contribution < 1.29 is 18.0 Å². The number of benzene rings is 2. The van der Waals surface area contributed by atoms with Gasteiger partial charge >= 0.3 is 6.03 Å². The van der Waals surface area contributed by atoms with Gasteiger partial charge in [0.05, 0.1) is 17.0 Å². The molecule has 2 aromatic carbocycles. The van der Waals surface area contributed by atoms with Gasteiger partial charge in [0.1, 0.15) is 0 Å². The Hall–Kier alpha value is -3.80. The third kappa shape index (κ3) is 5.51. The number of nitrogens with zero attached hydrogens (tertiary/aromatic N) is 5. The number of rotatable bonds is 7. The summed E-state index contributed by atoms with van der Waals surface area (Å²) in [5.74, 6) is 0.967. The number of nitrogens with one attached hydrogen (secondary N) is 2. The molecule has 3 amide bonds. The summed E-state index contributed by atoms with van der Waals surface area (Å²) in [5.41, 5.74) is 1.73. The standard InChI is InChI=1S/C27H33N7O4S/c1-18(2)20-12-14-27(15-13-20)17-33(22-8-10-23(11-9-22)39(3,37)38)26(36)34(27)16-19-4-6-21(7-5-19)24(35)28-25-29-31-32-30-25/h4-11,18,20H,12-17H2,1-3H3,(H2,28,29,30,31,32,35). The van der Waals surface area contributed by atoms with E-state index in [4.69, 9.17) is 0 Å². The summed E-state index contributed by atoms with van der Waals surface area (Å²) in [7, 11) is -3.33. The minimum absolute atomic E-state index is 0.0929. The monoisotopic (exact) mass is 551 g/mol. The van der Waals surface area contributed by atoms with Crippen molar-refractivity contribution in [3.8, 4) is 0 Å². The van der Waals surface area contributed by atoms with Gasteiger partial charge in [-0.25, -0.2) is 13.2 Å². The molecule has 1 saturated heterocycles. The van der Waals surface area contributed by atoms with Gasteiger partial charge in [0, 0.05) is 24.1 Å². The molecular formula is C27H33N7O4S. The van der Waals surface area contributed by atoms with E-state index in [9.17, 15) is 18.0 Å². The van der Waals surface area contributed by atoms with E-state index in [1.807, 2.05) is 17.0 Å². The van der Waals surface area contributed by atoms with Crippen LogP contribution in [0.4, 0.5) is 16.4 Å². The smallest absolute Gasteiger partial charge is 0.313 e. The number of anilines is 2. The molecular weight excluding hydrogens is 518 g/mol. The van der Waals surface area contributed by atoms with Crippen molar-refractivity contribution in [2.75, 3.05) is 23.0 Å². The summed E-state index contributed by atoms with van der Waals surface area (Å²) in [6.45, 7) is 5.48. The number of sulfone groups is 1. The van der Waals surface area contributed by atoms with Crippen LogP contribution in [0.15, 0.2) is 53.4 Å². The molecule has 1 saturated carbocycles. The molecule has 0 atom stereocenters. The number of hydrogen-bond donors (Lipinski definition) is 2. The minimum Gasteiger partial charge on any atom is -0.313 e. The van der Waals surface area contributed by atoms with E-state index in [1.54, 1.807) is 41.3 Å². The fourth-order valence-corrected chi connectivity index (χ4v) is 6.34. The molecule has 12 heteroatoms. The molecule has 1 spiro atoms. The van der Waals surface area contributed by atoms with Gasteiger partial charge < -0.3 is 4.90 Å². The van der Waals surface area contributed by atoms with Crippen LogP contribution < -0.4 is 10.2 Å². The van der Waals surface area contributed by atoms with E-state index < -0.39 is 9.84 Å². The molecule has 0 unspecified atom stereocenters. The molecule has 206 valence electrons. The van der Waals surface area contributed by atoms with E-state index in [0.717, 1.165) is 31.2 Å². The van der Waals surface area contributed by atoms with Gasteiger partial charge in [0.2, 0.25) is 0 Å². The molecule has 5 rings (SSSR count). The third-order valence-corrected chi connectivity index (χ3v) is 9.22. The number of tetrazole rings is 1. The second-order valence-electron chi connectivity index (χ2n) is 10.9. The lowest BCUT2D eigenvalue weighted by Gasteiger charge is -2.43. The van der Waals surface area contributed by atoms with Crippen LogP contribution in [-0.2, 0) is 16.4 Å². The molecule has 2 heterocycles. The number of H-pyrrole nitrogens is 1. The summed E-state index contributed by atoms with van der Waals surface area (Å²) >= 11 is 0. The first kappa shape index (κ1) is 26.8. The lowest BCUT2D eigenvalue weighted by Crippen LogP contribution is -2.49. The molecule has 2 fully saturated rings. The topological polar surface area (TPSA) is 141 Å². The van der Waals surface area contributed by atoms with Gasteiger partial charge in [0.25, 0.3) is 11.9 Å². The first-order valence-electron chi connectivity index (χ1n) is 13.1. The zero-order chi connectivity index (χ0) is 27.8. The second-order valence-corrected chi connectivity index (χ2v) is 12.9. The average molecular weight is 552 g/mol. The van der Waals surface area contributed by atoms with Gasteiger partial charge in [-0.1, -0.05) is 31.1 Å². The molecule has 0 bridgehead atoms. The highest BCUT2D eigenvalue weighted by Crippen LogP contribution is 2.45. The highest BCUT2D eigenvalue weighted by Gasteiger charge is 2.51. The Morgan fingerprint density at radius 3 is 2.33 bits per heavy atom. The Morgan fingerprint density at radius 1 is 1.10 bits per heavy atom. The fourth-order valence-electron chi connectivity index (χ4n) is 5.71. The van der Waals surface area contributed by atoms with Crippen LogP contribution in [-0.4, -0.2) is 64.2 Å². The normalized spacial score (nSPS) is 21.6. The predicted molar refractivity (Wildman–Crippen MR) is 146 cm³/mol. The summed E-state index contributed by atoms with van der Waals surface area (Å²) in [4.78, 5) is 30.3. The van der Waals surface area contributed by atoms with Gasteiger partial charge in [0.15, 0.2) is 9.84 Å². The molecule has 1 aliphatic heterocycles. The zero-order valence-corrected chi connectivity index (χ0v) is 23.1. The van der Waals surface area contributed by atoms with Crippen LogP contribution in [0, 0.1) is 11.8 Å². The van der Waals surface area contributed by atoms with E-state index >= 15 is 0 Å². The minimum atomic E-state index is -3.33. The van der Waals surface area contributed by atoms with Crippen LogP contribution >= 0.6 is 0 Å². The van der Waals surface area contributed by atoms with E-state index in [0.29, 0.717) is 36.2 Å². The Balaban J connectivity index is 1.38. The van der Waals surface area contributed by atoms with Crippen LogP contribution in [0.1, 0.15) is 55.5 Å². The first-order valence-corrected chi connectivity index (χ1v) is 15.0. The summed E-state index contributed by atoms with van der Waals surface area (Å²) < 4.78 is 23.9. The van der Waals surface area contributed by atoms with Crippen LogP contribution in [0.3, 0.4) is 0 Å². The number of urea groups is 1. The first-order chi connectivity index (χ1) is 18.6. The lowest BCUT2D eigenvalue weighted by molar-refractivity contribution is 0.0843. The Morgan fingerprint density at radius 2 is 1.77 bits per heavy atom. The summed E-state index contributed by atoms with van der Waals surface area (Å²) in [5, 5.41) is 15.7. The number of carbonyl (C=O) groups is 2. The maximum Gasteiger partial charge on any atom is 0.325 e. The number of hydrogen-bond acceptors (Lipinski definition) is 7.